The lowest BCUT2D eigenvalue weighted by molar-refractivity contribution is -0.120. The number of hydrogen-bond donors (Lipinski definition) is 1. The second-order valence-electron chi connectivity index (χ2n) is 6.47. The van der Waals surface area contributed by atoms with Gasteiger partial charge in [0, 0.05) is 21.8 Å². The van der Waals surface area contributed by atoms with Crippen LogP contribution in [0, 0.1) is 0 Å². The fourth-order valence-corrected chi connectivity index (χ4v) is 3.50. The molecule has 2 aromatic heterocycles. The van der Waals surface area contributed by atoms with Crippen molar-refractivity contribution in [1.82, 2.24) is 10.3 Å². The maximum absolute atomic E-state index is 12.3. The molecule has 1 amide bonds. The number of furan rings is 1. The molecule has 6 heteroatoms. The fourth-order valence-electron chi connectivity index (χ4n) is 2.45. The zero-order chi connectivity index (χ0) is 17.9. The van der Waals surface area contributed by atoms with Crippen molar-refractivity contribution >= 4 is 33.2 Å². The van der Waals surface area contributed by atoms with Crippen LogP contribution in [0.25, 0.3) is 10.8 Å². The van der Waals surface area contributed by atoms with Crippen molar-refractivity contribution < 1.29 is 9.21 Å². The van der Waals surface area contributed by atoms with Gasteiger partial charge in [0.25, 0.3) is 0 Å². The number of amides is 1. The lowest BCUT2D eigenvalue weighted by Gasteiger charge is -2.25. The van der Waals surface area contributed by atoms with Crippen LogP contribution in [0.1, 0.15) is 25.1 Å². The minimum atomic E-state index is -0.141. The average molecular weight is 419 g/mol. The first-order valence-electron chi connectivity index (χ1n) is 7.95. The SMILES string of the molecule is CC(C)(CNC(=O)Cc1csc(-c2ccco2)n1)c1ccc(Br)cc1. The van der Waals surface area contributed by atoms with E-state index in [9.17, 15) is 4.79 Å². The van der Waals surface area contributed by atoms with Gasteiger partial charge in [0.05, 0.1) is 18.4 Å². The minimum Gasteiger partial charge on any atom is -0.462 e. The van der Waals surface area contributed by atoms with Gasteiger partial charge in [-0.25, -0.2) is 4.98 Å². The van der Waals surface area contributed by atoms with Crippen molar-refractivity contribution in [3.05, 3.63) is 63.8 Å². The Morgan fingerprint density at radius 3 is 2.72 bits per heavy atom. The van der Waals surface area contributed by atoms with Crippen LogP contribution in [-0.4, -0.2) is 17.4 Å². The second kappa shape index (κ2) is 7.54. The Morgan fingerprint density at radius 1 is 1.28 bits per heavy atom. The Hall–Kier alpha value is -1.92. The van der Waals surface area contributed by atoms with Crippen LogP contribution in [0.5, 0.6) is 0 Å². The molecule has 0 aliphatic rings. The summed E-state index contributed by atoms with van der Waals surface area (Å²) in [4.78, 5) is 16.7. The third-order valence-electron chi connectivity index (χ3n) is 3.98. The molecule has 3 aromatic rings. The van der Waals surface area contributed by atoms with E-state index in [1.807, 2.05) is 29.6 Å². The van der Waals surface area contributed by atoms with Gasteiger partial charge in [-0.3, -0.25) is 4.79 Å². The molecular weight excluding hydrogens is 400 g/mol. The predicted molar refractivity (Wildman–Crippen MR) is 104 cm³/mol. The molecule has 0 spiro atoms. The largest absolute Gasteiger partial charge is 0.462 e. The van der Waals surface area contributed by atoms with E-state index in [4.69, 9.17) is 4.42 Å². The van der Waals surface area contributed by atoms with Gasteiger partial charge < -0.3 is 9.73 Å². The van der Waals surface area contributed by atoms with Crippen molar-refractivity contribution in [1.29, 1.82) is 0 Å². The number of thiazole rings is 1. The van der Waals surface area contributed by atoms with E-state index in [-0.39, 0.29) is 17.7 Å². The van der Waals surface area contributed by atoms with E-state index in [1.165, 1.54) is 16.9 Å². The van der Waals surface area contributed by atoms with Gasteiger partial charge in [0.2, 0.25) is 5.91 Å². The Bertz CT molecular complexity index is 839. The van der Waals surface area contributed by atoms with Crippen LogP contribution in [0.3, 0.4) is 0 Å². The van der Waals surface area contributed by atoms with E-state index in [0.29, 0.717) is 6.54 Å². The molecule has 1 aromatic carbocycles. The number of benzene rings is 1. The normalized spacial score (nSPS) is 11.5. The molecule has 25 heavy (non-hydrogen) atoms. The van der Waals surface area contributed by atoms with Gasteiger partial charge in [-0.05, 0) is 29.8 Å². The molecule has 0 aliphatic carbocycles. The number of nitrogens with zero attached hydrogens (tertiary/aromatic N) is 1. The highest BCUT2D eigenvalue weighted by Gasteiger charge is 2.21. The summed E-state index contributed by atoms with van der Waals surface area (Å²) in [5.41, 5.74) is 1.80. The molecule has 4 nitrogen and oxygen atoms in total. The molecule has 0 bridgehead atoms. The number of rotatable bonds is 6. The van der Waals surface area contributed by atoms with Gasteiger partial charge >= 0.3 is 0 Å². The highest BCUT2D eigenvalue weighted by atomic mass is 79.9. The van der Waals surface area contributed by atoms with Crippen molar-refractivity contribution in [2.24, 2.45) is 0 Å². The first-order valence-corrected chi connectivity index (χ1v) is 9.62. The highest BCUT2D eigenvalue weighted by molar-refractivity contribution is 9.10. The third-order valence-corrected chi connectivity index (χ3v) is 5.41. The molecule has 0 unspecified atom stereocenters. The van der Waals surface area contributed by atoms with E-state index in [0.717, 1.165) is 20.9 Å². The number of nitrogens with one attached hydrogen (secondary N) is 1. The monoisotopic (exact) mass is 418 g/mol. The molecule has 0 saturated carbocycles. The smallest absolute Gasteiger partial charge is 0.226 e. The molecule has 2 heterocycles. The van der Waals surface area contributed by atoms with Crippen LogP contribution in [-0.2, 0) is 16.6 Å². The summed E-state index contributed by atoms with van der Waals surface area (Å²) in [5.74, 6) is 0.703. The lowest BCUT2D eigenvalue weighted by atomic mass is 9.84. The summed E-state index contributed by atoms with van der Waals surface area (Å²) in [6.45, 7) is 4.81. The summed E-state index contributed by atoms with van der Waals surface area (Å²) >= 11 is 4.93. The predicted octanol–water partition coefficient (Wildman–Crippen LogP) is 4.80. The second-order valence-corrected chi connectivity index (χ2v) is 8.24. The van der Waals surface area contributed by atoms with Crippen molar-refractivity contribution in [2.45, 2.75) is 25.7 Å². The molecule has 0 fully saturated rings. The number of halogens is 1. The zero-order valence-electron chi connectivity index (χ0n) is 14.1. The standard InChI is InChI=1S/C19H19BrN2O2S/c1-19(2,13-5-7-14(20)8-6-13)12-21-17(23)10-15-11-25-18(22-15)16-4-3-9-24-16/h3-9,11H,10,12H2,1-2H3,(H,21,23). The molecule has 0 radical (unpaired) electrons. The van der Waals surface area contributed by atoms with Gasteiger partial charge in [-0.1, -0.05) is 41.9 Å². The molecule has 1 N–H and O–H groups in total. The summed E-state index contributed by atoms with van der Waals surface area (Å²) < 4.78 is 6.38. The lowest BCUT2D eigenvalue weighted by Crippen LogP contribution is -2.37. The van der Waals surface area contributed by atoms with Crippen molar-refractivity contribution in [3.8, 4) is 10.8 Å². The first-order chi connectivity index (χ1) is 11.9. The van der Waals surface area contributed by atoms with E-state index < -0.39 is 0 Å². The van der Waals surface area contributed by atoms with Gasteiger partial charge in [0.15, 0.2) is 10.8 Å². The maximum Gasteiger partial charge on any atom is 0.226 e. The summed E-state index contributed by atoms with van der Waals surface area (Å²) in [7, 11) is 0. The Labute approximate surface area is 159 Å². The molecule has 0 aliphatic heterocycles. The highest BCUT2D eigenvalue weighted by Crippen LogP contribution is 2.25. The van der Waals surface area contributed by atoms with Crippen LogP contribution in [0.4, 0.5) is 0 Å². The molecule has 0 saturated heterocycles. The number of carbonyl (C=O) groups is 1. The fraction of sp³-hybridized carbons (Fsp3) is 0.263. The topological polar surface area (TPSA) is 55.1 Å². The van der Waals surface area contributed by atoms with Gasteiger partial charge in [-0.15, -0.1) is 11.3 Å². The molecule has 0 atom stereocenters. The van der Waals surface area contributed by atoms with E-state index >= 15 is 0 Å². The van der Waals surface area contributed by atoms with E-state index in [1.54, 1.807) is 6.26 Å². The number of aromatic nitrogens is 1. The summed E-state index contributed by atoms with van der Waals surface area (Å²) in [6.07, 6.45) is 1.89. The van der Waals surface area contributed by atoms with Crippen LogP contribution in [0.2, 0.25) is 0 Å². The summed E-state index contributed by atoms with van der Waals surface area (Å²) in [6, 6.07) is 11.9. The minimum absolute atomic E-state index is 0.0264. The summed E-state index contributed by atoms with van der Waals surface area (Å²) in [5, 5.41) is 5.71. The van der Waals surface area contributed by atoms with Crippen molar-refractivity contribution in [3.63, 3.8) is 0 Å². The van der Waals surface area contributed by atoms with E-state index in [2.05, 4.69) is 52.2 Å². The Kier molecular flexibility index (Phi) is 5.39. The van der Waals surface area contributed by atoms with Gasteiger partial charge in [-0.2, -0.15) is 0 Å². The Morgan fingerprint density at radius 2 is 2.04 bits per heavy atom. The van der Waals surface area contributed by atoms with Crippen LogP contribution < -0.4 is 5.32 Å². The molecule has 130 valence electrons. The van der Waals surface area contributed by atoms with Crippen LogP contribution >= 0.6 is 27.3 Å². The van der Waals surface area contributed by atoms with Crippen LogP contribution in [0.15, 0.2) is 56.9 Å². The third kappa shape index (κ3) is 4.58. The van der Waals surface area contributed by atoms with Gasteiger partial charge in [0.1, 0.15) is 0 Å². The molecule has 3 rings (SSSR count). The molecular formula is C19H19BrN2O2S. The Balaban J connectivity index is 1.56. The number of hydrogen-bond acceptors (Lipinski definition) is 4. The maximum atomic E-state index is 12.3. The first kappa shape index (κ1) is 17.9. The average Bonchev–Trinajstić information content (AvgIpc) is 3.25. The number of carbonyl (C=O) groups excluding carboxylic acids is 1. The zero-order valence-corrected chi connectivity index (χ0v) is 16.5. The quantitative estimate of drug-likeness (QED) is 0.625. The van der Waals surface area contributed by atoms with Crippen molar-refractivity contribution in [2.75, 3.05) is 6.54 Å².